The fraction of sp³-hybridized carbons (Fsp3) is 0.417. The Balaban J connectivity index is 2.38. The number of oxime groups is 1. The van der Waals surface area contributed by atoms with Crippen LogP contribution in [0.2, 0.25) is 0 Å². The Hall–Kier alpha value is -1.39. The Labute approximate surface area is 95.2 Å². The van der Waals surface area contributed by atoms with Crippen molar-refractivity contribution in [2.45, 2.75) is 19.4 Å². The summed E-state index contributed by atoms with van der Waals surface area (Å²) in [6, 6.07) is 9.71. The van der Waals surface area contributed by atoms with Gasteiger partial charge in [-0.1, -0.05) is 35.5 Å². The van der Waals surface area contributed by atoms with Crippen LogP contribution in [-0.4, -0.2) is 29.1 Å². The highest BCUT2D eigenvalue weighted by Gasteiger charge is 1.99. The van der Waals surface area contributed by atoms with E-state index in [-0.39, 0.29) is 13.2 Å². The second-order valence-corrected chi connectivity index (χ2v) is 3.36. The predicted molar refractivity (Wildman–Crippen MR) is 62.1 cm³/mol. The van der Waals surface area contributed by atoms with Crippen LogP contribution < -0.4 is 0 Å². The van der Waals surface area contributed by atoms with E-state index in [4.69, 9.17) is 15.1 Å². The van der Waals surface area contributed by atoms with Crippen molar-refractivity contribution >= 4 is 5.71 Å². The van der Waals surface area contributed by atoms with Gasteiger partial charge in [0.05, 0.1) is 5.71 Å². The van der Waals surface area contributed by atoms with Crippen LogP contribution in [0, 0.1) is 0 Å². The molecule has 2 N–H and O–H groups in total. The summed E-state index contributed by atoms with van der Waals surface area (Å²) in [5, 5.41) is 21.4. The van der Waals surface area contributed by atoms with Crippen LogP contribution in [0.15, 0.2) is 35.5 Å². The zero-order chi connectivity index (χ0) is 11.6. The first kappa shape index (κ1) is 12.7. The van der Waals surface area contributed by atoms with Crippen LogP contribution in [0.3, 0.4) is 0 Å². The number of nitrogens with zero attached hydrogens (tertiary/aromatic N) is 1. The van der Waals surface area contributed by atoms with Crippen LogP contribution in [-0.2, 0) is 11.4 Å². The fourth-order valence-electron chi connectivity index (χ4n) is 1.25. The fourth-order valence-corrected chi connectivity index (χ4v) is 1.25. The Morgan fingerprint density at radius 3 is 2.25 bits per heavy atom. The van der Waals surface area contributed by atoms with Gasteiger partial charge in [0.25, 0.3) is 0 Å². The van der Waals surface area contributed by atoms with Gasteiger partial charge in [0.2, 0.25) is 0 Å². The molecule has 0 aliphatic carbocycles. The van der Waals surface area contributed by atoms with Crippen LogP contribution in [0.25, 0.3) is 0 Å². The number of aliphatic hydroxyl groups is 2. The molecule has 16 heavy (non-hydrogen) atoms. The zero-order valence-corrected chi connectivity index (χ0v) is 9.17. The SMILES string of the molecule is OCCC(CCO)=NOCc1ccccc1. The molecule has 4 nitrogen and oxygen atoms in total. The number of hydrogen-bond acceptors (Lipinski definition) is 4. The minimum atomic E-state index is 0.0214. The van der Waals surface area contributed by atoms with Crippen LogP contribution in [0.5, 0.6) is 0 Å². The molecular formula is C12H17NO3. The second-order valence-electron chi connectivity index (χ2n) is 3.36. The molecule has 0 aromatic heterocycles. The molecule has 0 aliphatic heterocycles. The lowest BCUT2D eigenvalue weighted by Gasteiger charge is -2.03. The Morgan fingerprint density at radius 2 is 1.69 bits per heavy atom. The van der Waals surface area contributed by atoms with Crippen LogP contribution in [0.1, 0.15) is 18.4 Å². The summed E-state index contributed by atoms with van der Waals surface area (Å²) in [6.45, 7) is 0.447. The molecule has 0 spiro atoms. The standard InChI is InChI=1S/C12H17NO3/c14-8-6-12(7-9-15)13-16-10-11-4-2-1-3-5-11/h1-5,14-15H,6-10H2. The van der Waals surface area contributed by atoms with Gasteiger partial charge in [-0.2, -0.15) is 0 Å². The summed E-state index contributed by atoms with van der Waals surface area (Å²) in [5.41, 5.74) is 1.72. The van der Waals surface area contributed by atoms with Gasteiger partial charge in [0.15, 0.2) is 0 Å². The van der Waals surface area contributed by atoms with E-state index in [1.165, 1.54) is 0 Å². The van der Waals surface area contributed by atoms with Gasteiger partial charge in [-0.25, -0.2) is 0 Å². The third-order valence-corrected chi connectivity index (χ3v) is 2.07. The molecule has 0 amide bonds. The quantitative estimate of drug-likeness (QED) is 0.541. The second kappa shape index (κ2) is 7.84. The normalized spacial score (nSPS) is 9.88. The van der Waals surface area contributed by atoms with Gasteiger partial charge in [0, 0.05) is 26.1 Å². The lowest BCUT2D eigenvalue weighted by Crippen LogP contribution is -2.05. The summed E-state index contributed by atoms with van der Waals surface area (Å²) < 4.78 is 0. The maximum Gasteiger partial charge on any atom is 0.142 e. The lowest BCUT2D eigenvalue weighted by atomic mass is 10.2. The van der Waals surface area contributed by atoms with Gasteiger partial charge in [-0.3, -0.25) is 0 Å². The van der Waals surface area contributed by atoms with Crippen molar-refractivity contribution in [2.24, 2.45) is 5.16 Å². The summed E-state index contributed by atoms with van der Waals surface area (Å²) in [4.78, 5) is 5.15. The highest BCUT2D eigenvalue weighted by molar-refractivity contribution is 5.84. The van der Waals surface area contributed by atoms with E-state index in [2.05, 4.69) is 5.16 Å². The predicted octanol–water partition coefficient (Wildman–Crippen LogP) is 1.32. The first-order chi connectivity index (χ1) is 7.86. The van der Waals surface area contributed by atoms with E-state index < -0.39 is 0 Å². The van der Waals surface area contributed by atoms with Crippen molar-refractivity contribution in [3.63, 3.8) is 0 Å². The summed E-state index contributed by atoms with van der Waals surface area (Å²) >= 11 is 0. The average Bonchev–Trinajstić information content (AvgIpc) is 2.31. The molecule has 0 fully saturated rings. The van der Waals surface area contributed by atoms with Crippen LogP contribution in [0.4, 0.5) is 0 Å². The van der Waals surface area contributed by atoms with Gasteiger partial charge in [-0.15, -0.1) is 0 Å². The maximum absolute atomic E-state index is 8.76. The average molecular weight is 223 g/mol. The molecule has 88 valence electrons. The Kier molecular flexibility index (Phi) is 6.22. The monoisotopic (exact) mass is 223 g/mol. The topological polar surface area (TPSA) is 62.0 Å². The number of rotatable bonds is 7. The van der Waals surface area contributed by atoms with E-state index in [1.54, 1.807) is 0 Å². The van der Waals surface area contributed by atoms with Gasteiger partial charge >= 0.3 is 0 Å². The Bertz CT molecular complexity index is 303. The molecule has 0 radical (unpaired) electrons. The van der Waals surface area contributed by atoms with Crippen molar-refractivity contribution in [3.05, 3.63) is 35.9 Å². The molecular weight excluding hydrogens is 206 g/mol. The van der Waals surface area contributed by atoms with Crippen LogP contribution >= 0.6 is 0 Å². The number of aliphatic hydroxyl groups excluding tert-OH is 2. The molecule has 0 saturated carbocycles. The molecule has 0 saturated heterocycles. The molecule has 1 aromatic carbocycles. The molecule has 0 unspecified atom stereocenters. The summed E-state index contributed by atoms with van der Waals surface area (Å²) in [7, 11) is 0. The molecule has 0 heterocycles. The first-order valence-electron chi connectivity index (χ1n) is 5.30. The third kappa shape index (κ3) is 4.91. The van der Waals surface area contributed by atoms with Crippen molar-refractivity contribution < 1.29 is 15.1 Å². The maximum atomic E-state index is 8.76. The minimum absolute atomic E-state index is 0.0214. The largest absolute Gasteiger partial charge is 0.396 e. The molecule has 0 bridgehead atoms. The third-order valence-electron chi connectivity index (χ3n) is 2.07. The van der Waals surface area contributed by atoms with E-state index in [1.807, 2.05) is 30.3 Å². The van der Waals surface area contributed by atoms with Gasteiger partial charge < -0.3 is 15.1 Å². The smallest absolute Gasteiger partial charge is 0.142 e. The van der Waals surface area contributed by atoms with Crippen molar-refractivity contribution in [2.75, 3.05) is 13.2 Å². The van der Waals surface area contributed by atoms with Crippen molar-refractivity contribution in [1.29, 1.82) is 0 Å². The van der Waals surface area contributed by atoms with E-state index in [0.29, 0.717) is 25.2 Å². The highest BCUT2D eigenvalue weighted by atomic mass is 16.6. The molecule has 1 rings (SSSR count). The molecule has 1 aromatic rings. The molecule has 0 atom stereocenters. The van der Waals surface area contributed by atoms with E-state index in [9.17, 15) is 0 Å². The molecule has 0 aliphatic rings. The Morgan fingerprint density at radius 1 is 1.06 bits per heavy atom. The van der Waals surface area contributed by atoms with E-state index in [0.717, 1.165) is 5.56 Å². The zero-order valence-electron chi connectivity index (χ0n) is 9.17. The van der Waals surface area contributed by atoms with E-state index >= 15 is 0 Å². The highest BCUT2D eigenvalue weighted by Crippen LogP contribution is 2.02. The van der Waals surface area contributed by atoms with Crippen molar-refractivity contribution in [3.8, 4) is 0 Å². The minimum Gasteiger partial charge on any atom is -0.396 e. The summed E-state index contributed by atoms with van der Waals surface area (Å²) in [6.07, 6.45) is 0.880. The van der Waals surface area contributed by atoms with Crippen molar-refractivity contribution in [1.82, 2.24) is 0 Å². The van der Waals surface area contributed by atoms with Gasteiger partial charge in [0.1, 0.15) is 6.61 Å². The lowest BCUT2D eigenvalue weighted by molar-refractivity contribution is 0.128. The summed E-state index contributed by atoms with van der Waals surface area (Å²) in [5.74, 6) is 0. The first-order valence-corrected chi connectivity index (χ1v) is 5.30. The number of benzene rings is 1. The molecule has 4 heteroatoms. The number of hydrogen-bond donors (Lipinski definition) is 2. The van der Waals surface area contributed by atoms with Gasteiger partial charge in [-0.05, 0) is 5.56 Å².